The molecule has 1 N–H and O–H groups in total. The highest BCUT2D eigenvalue weighted by molar-refractivity contribution is 4.93. The Kier molecular flexibility index (Phi) is 2.40. The van der Waals surface area contributed by atoms with Crippen LogP contribution >= 0.6 is 0 Å². The zero-order chi connectivity index (χ0) is 8.55. The van der Waals surface area contributed by atoms with E-state index in [1.54, 1.807) is 6.42 Å². The van der Waals surface area contributed by atoms with Gasteiger partial charge < -0.3 is 5.32 Å². The molecule has 0 heterocycles. The molecule has 0 radical (unpaired) electrons. The van der Waals surface area contributed by atoms with E-state index in [0.29, 0.717) is 0 Å². The standard InChI is InChI=1S/C11H21N/c1-3-12-8(2)11-7-9-4-5-10(11)6-9/h8-12H,3-7H2,1-2H3. The highest BCUT2D eigenvalue weighted by Crippen LogP contribution is 2.49. The second-order valence-corrected chi connectivity index (χ2v) is 4.69. The van der Waals surface area contributed by atoms with Crippen LogP contribution in [0.3, 0.4) is 0 Å². The maximum atomic E-state index is 3.57. The van der Waals surface area contributed by atoms with Crippen molar-refractivity contribution in [1.82, 2.24) is 5.32 Å². The van der Waals surface area contributed by atoms with E-state index in [0.717, 1.165) is 30.3 Å². The molecule has 2 bridgehead atoms. The van der Waals surface area contributed by atoms with E-state index in [1.807, 2.05) is 0 Å². The van der Waals surface area contributed by atoms with Crippen molar-refractivity contribution in [3.63, 3.8) is 0 Å². The minimum absolute atomic E-state index is 0.769. The minimum atomic E-state index is 0.769. The van der Waals surface area contributed by atoms with E-state index in [-0.39, 0.29) is 0 Å². The Hall–Kier alpha value is -0.0400. The van der Waals surface area contributed by atoms with E-state index < -0.39 is 0 Å². The first-order valence-corrected chi connectivity index (χ1v) is 5.54. The Morgan fingerprint density at radius 3 is 2.67 bits per heavy atom. The molecule has 0 spiro atoms. The van der Waals surface area contributed by atoms with E-state index in [9.17, 15) is 0 Å². The van der Waals surface area contributed by atoms with Gasteiger partial charge >= 0.3 is 0 Å². The van der Waals surface area contributed by atoms with Crippen molar-refractivity contribution in [1.29, 1.82) is 0 Å². The predicted octanol–water partition coefficient (Wildman–Crippen LogP) is 2.42. The summed E-state index contributed by atoms with van der Waals surface area (Å²) in [6, 6.07) is 0.769. The van der Waals surface area contributed by atoms with Crippen molar-refractivity contribution in [2.75, 3.05) is 6.54 Å². The summed E-state index contributed by atoms with van der Waals surface area (Å²) in [7, 11) is 0. The Labute approximate surface area is 75.9 Å². The van der Waals surface area contributed by atoms with Crippen LogP contribution in [0, 0.1) is 17.8 Å². The highest BCUT2D eigenvalue weighted by atomic mass is 14.9. The predicted molar refractivity (Wildman–Crippen MR) is 52.1 cm³/mol. The van der Waals surface area contributed by atoms with Crippen molar-refractivity contribution < 1.29 is 0 Å². The normalized spacial score (nSPS) is 42.0. The van der Waals surface area contributed by atoms with Crippen LogP contribution in [0.1, 0.15) is 39.5 Å². The van der Waals surface area contributed by atoms with Crippen LogP contribution in [-0.2, 0) is 0 Å². The molecule has 0 aliphatic heterocycles. The second-order valence-electron chi connectivity index (χ2n) is 4.69. The Balaban J connectivity index is 1.89. The first kappa shape index (κ1) is 8.55. The van der Waals surface area contributed by atoms with E-state index in [1.165, 1.54) is 19.3 Å². The highest BCUT2D eigenvalue weighted by Gasteiger charge is 2.41. The first-order chi connectivity index (χ1) is 5.81. The molecule has 0 saturated heterocycles. The maximum Gasteiger partial charge on any atom is 0.00696 e. The van der Waals surface area contributed by atoms with E-state index in [4.69, 9.17) is 0 Å². The Morgan fingerprint density at radius 2 is 2.17 bits per heavy atom. The van der Waals surface area contributed by atoms with Gasteiger partial charge in [0.15, 0.2) is 0 Å². The summed E-state index contributed by atoms with van der Waals surface area (Å²) in [5.74, 6) is 3.17. The summed E-state index contributed by atoms with van der Waals surface area (Å²) in [6.45, 7) is 5.72. The molecule has 70 valence electrons. The van der Waals surface area contributed by atoms with E-state index >= 15 is 0 Å². The van der Waals surface area contributed by atoms with Crippen LogP contribution in [0.2, 0.25) is 0 Å². The smallest absolute Gasteiger partial charge is 0.00696 e. The molecule has 2 aliphatic rings. The van der Waals surface area contributed by atoms with Crippen molar-refractivity contribution in [3.05, 3.63) is 0 Å². The largest absolute Gasteiger partial charge is 0.314 e. The lowest BCUT2D eigenvalue weighted by molar-refractivity contribution is 0.263. The lowest BCUT2D eigenvalue weighted by atomic mass is 9.84. The van der Waals surface area contributed by atoms with Crippen LogP contribution in [0.15, 0.2) is 0 Å². The van der Waals surface area contributed by atoms with Crippen molar-refractivity contribution in [2.24, 2.45) is 17.8 Å². The molecule has 0 aromatic rings. The van der Waals surface area contributed by atoms with Gasteiger partial charge in [0.25, 0.3) is 0 Å². The van der Waals surface area contributed by atoms with Crippen molar-refractivity contribution in [3.8, 4) is 0 Å². The topological polar surface area (TPSA) is 12.0 Å². The quantitative estimate of drug-likeness (QED) is 0.680. The van der Waals surface area contributed by atoms with Gasteiger partial charge in [-0.1, -0.05) is 13.3 Å². The van der Waals surface area contributed by atoms with Crippen LogP contribution in [0.25, 0.3) is 0 Å². The minimum Gasteiger partial charge on any atom is -0.314 e. The van der Waals surface area contributed by atoms with Crippen LogP contribution in [0.4, 0.5) is 0 Å². The molecule has 2 aliphatic carbocycles. The summed E-state index contributed by atoms with van der Waals surface area (Å²) < 4.78 is 0. The number of rotatable bonds is 3. The second kappa shape index (κ2) is 3.37. The maximum absolute atomic E-state index is 3.57. The van der Waals surface area contributed by atoms with Gasteiger partial charge in [-0.15, -0.1) is 0 Å². The number of hydrogen-bond donors (Lipinski definition) is 1. The van der Waals surface area contributed by atoms with Gasteiger partial charge in [0.1, 0.15) is 0 Å². The van der Waals surface area contributed by atoms with Gasteiger partial charge in [0.05, 0.1) is 0 Å². The average molecular weight is 167 g/mol. The van der Waals surface area contributed by atoms with Crippen LogP contribution < -0.4 is 5.32 Å². The lowest BCUT2D eigenvalue weighted by Gasteiger charge is -2.28. The Morgan fingerprint density at radius 1 is 1.33 bits per heavy atom. The van der Waals surface area contributed by atoms with Gasteiger partial charge in [-0.2, -0.15) is 0 Å². The molecule has 0 aromatic heterocycles. The Bertz CT molecular complexity index is 155. The molecule has 12 heavy (non-hydrogen) atoms. The summed E-state index contributed by atoms with van der Waals surface area (Å²) in [5.41, 5.74) is 0. The molecule has 2 rings (SSSR count). The van der Waals surface area contributed by atoms with Crippen molar-refractivity contribution in [2.45, 2.75) is 45.6 Å². The van der Waals surface area contributed by atoms with E-state index in [2.05, 4.69) is 19.2 Å². The van der Waals surface area contributed by atoms with Gasteiger partial charge in [0, 0.05) is 6.04 Å². The molecule has 2 fully saturated rings. The number of hydrogen-bond acceptors (Lipinski definition) is 1. The van der Waals surface area contributed by atoms with Crippen LogP contribution in [-0.4, -0.2) is 12.6 Å². The fourth-order valence-electron chi connectivity index (χ4n) is 3.38. The molecule has 4 atom stereocenters. The fourth-order valence-corrected chi connectivity index (χ4v) is 3.38. The molecule has 2 saturated carbocycles. The third-order valence-electron chi connectivity index (χ3n) is 3.96. The number of fused-ring (bicyclic) bond motifs is 2. The molecule has 0 aromatic carbocycles. The lowest BCUT2D eigenvalue weighted by Crippen LogP contribution is -2.35. The molecular weight excluding hydrogens is 146 g/mol. The van der Waals surface area contributed by atoms with Gasteiger partial charge in [-0.05, 0) is 50.5 Å². The summed E-state index contributed by atoms with van der Waals surface area (Å²) >= 11 is 0. The third-order valence-corrected chi connectivity index (χ3v) is 3.96. The molecular formula is C11H21N. The first-order valence-electron chi connectivity index (χ1n) is 5.54. The molecule has 4 unspecified atom stereocenters. The molecule has 1 heteroatoms. The van der Waals surface area contributed by atoms with Crippen LogP contribution in [0.5, 0.6) is 0 Å². The SMILES string of the molecule is CCNC(C)C1CC2CCC1C2. The third kappa shape index (κ3) is 1.39. The fraction of sp³-hybridized carbons (Fsp3) is 1.00. The van der Waals surface area contributed by atoms with Crippen molar-refractivity contribution >= 4 is 0 Å². The monoisotopic (exact) mass is 167 g/mol. The zero-order valence-corrected chi connectivity index (χ0v) is 8.34. The average Bonchev–Trinajstić information content (AvgIpc) is 2.64. The van der Waals surface area contributed by atoms with Gasteiger partial charge in [-0.25, -0.2) is 0 Å². The summed E-state index contributed by atoms with van der Waals surface area (Å²) in [6.07, 6.45) is 6.10. The van der Waals surface area contributed by atoms with Gasteiger partial charge in [-0.3, -0.25) is 0 Å². The molecule has 1 nitrogen and oxygen atoms in total. The summed E-state index contributed by atoms with van der Waals surface area (Å²) in [5, 5.41) is 3.57. The number of nitrogens with one attached hydrogen (secondary N) is 1. The van der Waals surface area contributed by atoms with Gasteiger partial charge in [0.2, 0.25) is 0 Å². The summed E-state index contributed by atoms with van der Waals surface area (Å²) in [4.78, 5) is 0. The zero-order valence-electron chi connectivity index (χ0n) is 8.34. The molecule has 0 amide bonds.